The zero-order valence-electron chi connectivity index (χ0n) is 15.2. The molecule has 144 valence electrons. The summed E-state index contributed by atoms with van der Waals surface area (Å²) in [7, 11) is 0. The first-order valence-corrected chi connectivity index (χ1v) is 10.7. The van der Waals surface area contributed by atoms with Gasteiger partial charge in [0.1, 0.15) is 11.6 Å². The van der Waals surface area contributed by atoms with Crippen molar-refractivity contribution in [3.63, 3.8) is 0 Å². The Morgan fingerprint density at radius 1 is 1.07 bits per heavy atom. The lowest BCUT2D eigenvalue weighted by Crippen LogP contribution is -2.20. The smallest absolute Gasteiger partial charge is 0.270 e. The molecule has 1 aromatic carbocycles. The highest BCUT2D eigenvalue weighted by Gasteiger charge is 2.32. The molecule has 6 nitrogen and oxygen atoms in total. The van der Waals surface area contributed by atoms with Gasteiger partial charge in [-0.25, -0.2) is 0 Å². The molecule has 1 aliphatic heterocycles. The summed E-state index contributed by atoms with van der Waals surface area (Å²) >= 11 is 1.42. The van der Waals surface area contributed by atoms with Crippen molar-refractivity contribution in [2.75, 3.05) is 11.1 Å². The molecule has 1 saturated carbocycles. The molecule has 2 heterocycles. The van der Waals surface area contributed by atoms with Gasteiger partial charge in [-0.2, -0.15) is 0 Å². The molecule has 4 rings (SSSR count). The summed E-state index contributed by atoms with van der Waals surface area (Å²) in [5, 5.41) is 15.6. The van der Waals surface area contributed by atoms with E-state index >= 15 is 0 Å². The average Bonchev–Trinajstić information content (AvgIpc) is 2.81. The number of aromatic hydroxyl groups is 1. The SMILES string of the molecule is O=C1CS[C@@H](c2cccc(O)c2)c2c(n(C3CCCCCCC3)[nH]c2=O)N1. The van der Waals surface area contributed by atoms with E-state index in [1.807, 2.05) is 10.7 Å². The second-order valence-corrected chi connectivity index (χ2v) is 8.50. The van der Waals surface area contributed by atoms with Gasteiger partial charge in [0.2, 0.25) is 5.91 Å². The fourth-order valence-electron chi connectivity index (χ4n) is 4.16. The topological polar surface area (TPSA) is 87.1 Å². The van der Waals surface area contributed by atoms with Gasteiger partial charge in [-0.3, -0.25) is 19.4 Å². The predicted molar refractivity (Wildman–Crippen MR) is 107 cm³/mol. The number of carbonyl (C=O) groups is 1. The first kappa shape index (κ1) is 18.2. The third-order valence-electron chi connectivity index (χ3n) is 5.48. The molecule has 0 bridgehead atoms. The fraction of sp³-hybridized carbons (Fsp3) is 0.500. The number of carbonyl (C=O) groups excluding carboxylic acids is 1. The van der Waals surface area contributed by atoms with E-state index < -0.39 is 0 Å². The molecule has 1 amide bonds. The fourth-order valence-corrected chi connectivity index (χ4v) is 5.28. The number of hydrogen-bond donors (Lipinski definition) is 3. The summed E-state index contributed by atoms with van der Waals surface area (Å²) in [4.78, 5) is 25.3. The monoisotopic (exact) mass is 387 g/mol. The molecular formula is C20H25N3O3S. The zero-order valence-corrected chi connectivity index (χ0v) is 16.1. The average molecular weight is 388 g/mol. The Kier molecular flexibility index (Phi) is 5.29. The van der Waals surface area contributed by atoms with Crippen molar-refractivity contribution in [3.05, 3.63) is 45.7 Å². The minimum atomic E-state index is -0.287. The predicted octanol–water partition coefficient (Wildman–Crippen LogP) is 3.94. The Bertz CT molecular complexity index is 881. The highest BCUT2D eigenvalue weighted by atomic mass is 32.2. The molecule has 1 fully saturated rings. The summed E-state index contributed by atoms with van der Waals surface area (Å²) in [6.07, 6.45) is 8.01. The maximum atomic E-state index is 12.9. The lowest BCUT2D eigenvalue weighted by molar-refractivity contribution is -0.113. The number of aromatic amines is 1. The molecule has 3 N–H and O–H groups in total. The van der Waals surface area contributed by atoms with Crippen LogP contribution in [0, 0.1) is 0 Å². The van der Waals surface area contributed by atoms with Crippen LogP contribution in [0.5, 0.6) is 5.75 Å². The largest absolute Gasteiger partial charge is 0.508 e. The molecule has 1 aromatic heterocycles. The minimum absolute atomic E-state index is 0.0949. The van der Waals surface area contributed by atoms with Gasteiger partial charge in [-0.15, -0.1) is 11.8 Å². The van der Waals surface area contributed by atoms with Gasteiger partial charge in [0.25, 0.3) is 5.56 Å². The number of nitrogens with zero attached hydrogens (tertiary/aromatic N) is 1. The maximum Gasteiger partial charge on any atom is 0.270 e. The van der Waals surface area contributed by atoms with Crippen LogP contribution in [-0.2, 0) is 4.79 Å². The number of aromatic nitrogens is 2. The van der Waals surface area contributed by atoms with Crippen LogP contribution in [0.15, 0.2) is 29.1 Å². The van der Waals surface area contributed by atoms with Crippen molar-refractivity contribution in [3.8, 4) is 5.75 Å². The van der Waals surface area contributed by atoms with Gasteiger partial charge in [-0.1, -0.05) is 44.2 Å². The molecule has 27 heavy (non-hydrogen) atoms. The first-order valence-electron chi connectivity index (χ1n) is 9.68. The maximum absolute atomic E-state index is 12.9. The van der Waals surface area contributed by atoms with Crippen LogP contribution in [0.25, 0.3) is 0 Å². The zero-order chi connectivity index (χ0) is 18.8. The standard InChI is InChI=1S/C20H25N3O3S/c24-15-10-6-7-13(11-15)18-17-19(21-16(25)12-27-18)23(22-20(17)26)14-8-4-2-1-3-5-9-14/h6-7,10-11,14,18,24H,1-5,8-9,12H2,(H,21,25)(H,22,26)/t18-/m0/s1. The summed E-state index contributed by atoms with van der Waals surface area (Å²) in [6.45, 7) is 0. The van der Waals surface area contributed by atoms with E-state index in [4.69, 9.17) is 0 Å². The summed E-state index contributed by atoms with van der Waals surface area (Å²) in [6, 6.07) is 7.15. The molecule has 7 heteroatoms. The van der Waals surface area contributed by atoms with E-state index in [-0.39, 0.29) is 34.3 Å². The van der Waals surface area contributed by atoms with Crippen LogP contribution in [0.1, 0.15) is 67.4 Å². The van der Waals surface area contributed by atoms with Crippen LogP contribution in [0.2, 0.25) is 0 Å². The van der Waals surface area contributed by atoms with Gasteiger partial charge in [0.15, 0.2) is 0 Å². The van der Waals surface area contributed by atoms with Gasteiger partial charge in [0, 0.05) is 0 Å². The quantitative estimate of drug-likeness (QED) is 0.728. The van der Waals surface area contributed by atoms with Crippen LogP contribution in [0.3, 0.4) is 0 Å². The Morgan fingerprint density at radius 3 is 2.56 bits per heavy atom. The Labute approximate surface area is 162 Å². The number of amides is 1. The second-order valence-electron chi connectivity index (χ2n) is 7.41. The number of thioether (sulfide) groups is 1. The number of anilines is 1. The first-order chi connectivity index (χ1) is 13.1. The van der Waals surface area contributed by atoms with Crippen molar-refractivity contribution in [1.82, 2.24) is 9.78 Å². The van der Waals surface area contributed by atoms with E-state index in [0.29, 0.717) is 11.4 Å². The molecule has 0 spiro atoms. The summed E-state index contributed by atoms with van der Waals surface area (Å²) in [5.74, 6) is 0.949. The van der Waals surface area contributed by atoms with Gasteiger partial charge in [0.05, 0.1) is 22.6 Å². The number of phenols is 1. The third kappa shape index (κ3) is 3.78. The van der Waals surface area contributed by atoms with E-state index in [1.54, 1.807) is 18.2 Å². The number of hydrogen-bond acceptors (Lipinski definition) is 4. The molecule has 0 radical (unpaired) electrons. The molecule has 2 aromatic rings. The normalized spacial score (nSPS) is 21.6. The van der Waals surface area contributed by atoms with E-state index in [9.17, 15) is 14.7 Å². The molecule has 1 aliphatic carbocycles. The Hall–Kier alpha value is -2.15. The van der Waals surface area contributed by atoms with Crippen LogP contribution < -0.4 is 10.9 Å². The lowest BCUT2D eigenvalue weighted by Gasteiger charge is -2.23. The van der Waals surface area contributed by atoms with Crippen molar-refractivity contribution in [2.24, 2.45) is 0 Å². The van der Waals surface area contributed by atoms with E-state index in [1.165, 1.54) is 31.0 Å². The molecular weight excluding hydrogens is 362 g/mol. The van der Waals surface area contributed by atoms with Crippen molar-refractivity contribution < 1.29 is 9.90 Å². The van der Waals surface area contributed by atoms with Gasteiger partial charge >= 0.3 is 0 Å². The molecule has 0 saturated heterocycles. The highest BCUT2D eigenvalue weighted by Crippen LogP contribution is 2.42. The Morgan fingerprint density at radius 2 is 1.81 bits per heavy atom. The van der Waals surface area contributed by atoms with Crippen LogP contribution in [-0.4, -0.2) is 26.5 Å². The van der Waals surface area contributed by atoms with Gasteiger partial charge in [-0.05, 0) is 30.5 Å². The molecule has 1 atom stereocenters. The van der Waals surface area contributed by atoms with Crippen molar-refractivity contribution in [1.29, 1.82) is 0 Å². The van der Waals surface area contributed by atoms with Crippen molar-refractivity contribution >= 4 is 23.5 Å². The van der Waals surface area contributed by atoms with E-state index in [0.717, 1.165) is 31.2 Å². The molecule has 2 aliphatic rings. The molecule has 0 unspecified atom stereocenters. The summed E-state index contributed by atoms with van der Waals surface area (Å²) < 4.78 is 1.91. The third-order valence-corrected chi connectivity index (χ3v) is 6.75. The minimum Gasteiger partial charge on any atom is -0.508 e. The van der Waals surface area contributed by atoms with Crippen LogP contribution in [0.4, 0.5) is 5.82 Å². The number of fused-ring (bicyclic) bond motifs is 1. The van der Waals surface area contributed by atoms with E-state index in [2.05, 4.69) is 10.4 Å². The number of rotatable bonds is 2. The number of benzene rings is 1. The second kappa shape index (κ2) is 7.84. The van der Waals surface area contributed by atoms with Crippen molar-refractivity contribution in [2.45, 2.75) is 56.2 Å². The summed E-state index contributed by atoms with van der Waals surface area (Å²) in [5.41, 5.74) is 1.26. The number of phenolic OH excluding ortho intramolecular Hbond substituents is 1. The number of nitrogens with one attached hydrogen (secondary N) is 2. The van der Waals surface area contributed by atoms with Gasteiger partial charge < -0.3 is 10.4 Å². The van der Waals surface area contributed by atoms with Crippen LogP contribution >= 0.6 is 11.8 Å². The highest BCUT2D eigenvalue weighted by molar-refractivity contribution is 8.00. The lowest BCUT2D eigenvalue weighted by atomic mass is 9.96. The number of H-pyrrole nitrogens is 1. The Balaban J connectivity index is 1.78.